The van der Waals surface area contributed by atoms with Gasteiger partial charge in [0.25, 0.3) is 0 Å². The SMILES string of the molecule is CSc1nnc(CCCNc2nc(C)ns2)n1C1CCCC1. The average Bonchev–Trinajstić information content (AvgIpc) is 3.23. The van der Waals surface area contributed by atoms with Gasteiger partial charge in [-0.3, -0.25) is 0 Å². The molecule has 6 nitrogen and oxygen atoms in total. The van der Waals surface area contributed by atoms with Crippen LogP contribution in [0.5, 0.6) is 0 Å². The van der Waals surface area contributed by atoms with Crippen LogP contribution in [0.1, 0.15) is 49.8 Å². The Bertz CT molecular complexity index is 602. The number of nitrogens with zero attached hydrogens (tertiary/aromatic N) is 5. The lowest BCUT2D eigenvalue weighted by atomic mass is 10.2. The number of nitrogens with one attached hydrogen (secondary N) is 1. The summed E-state index contributed by atoms with van der Waals surface area (Å²) >= 11 is 3.12. The van der Waals surface area contributed by atoms with Crippen LogP contribution in [0.3, 0.4) is 0 Å². The fourth-order valence-corrected chi connectivity index (χ4v) is 4.13. The van der Waals surface area contributed by atoms with E-state index in [2.05, 4.69) is 35.7 Å². The molecule has 2 heterocycles. The van der Waals surface area contributed by atoms with Gasteiger partial charge in [0.15, 0.2) is 5.16 Å². The first-order valence-corrected chi connectivity index (χ1v) is 9.79. The van der Waals surface area contributed by atoms with Crippen LogP contribution in [0.2, 0.25) is 0 Å². The van der Waals surface area contributed by atoms with Crippen LogP contribution in [0.4, 0.5) is 5.13 Å². The van der Waals surface area contributed by atoms with E-state index in [1.54, 1.807) is 11.8 Å². The molecule has 1 aliphatic rings. The van der Waals surface area contributed by atoms with Crippen molar-refractivity contribution in [1.82, 2.24) is 24.1 Å². The molecule has 8 heteroatoms. The molecule has 0 unspecified atom stereocenters. The summed E-state index contributed by atoms with van der Waals surface area (Å²) in [6, 6.07) is 0.603. The van der Waals surface area contributed by atoms with Crippen LogP contribution in [0.15, 0.2) is 5.16 Å². The van der Waals surface area contributed by atoms with Crippen LogP contribution in [-0.2, 0) is 6.42 Å². The van der Waals surface area contributed by atoms with E-state index in [0.717, 1.165) is 41.3 Å². The Hall–Kier alpha value is -1.15. The number of hydrogen-bond donors (Lipinski definition) is 1. The molecular formula is C14H22N6S2. The minimum atomic E-state index is 0.603. The van der Waals surface area contributed by atoms with E-state index in [1.807, 2.05) is 6.92 Å². The van der Waals surface area contributed by atoms with Gasteiger partial charge in [0.1, 0.15) is 11.6 Å². The number of anilines is 1. The van der Waals surface area contributed by atoms with Crippen molar-refractivity contribution in [1.29, 1.82) is 0 Å². The summed E-state index contributed by atoms with van der Waals surface area (Å²) in [4.78, 5) is 4.31. The number of rotatable bonds is 7. The Morgan fingerprint density at radius 2 is 2.14 bits per heavy atom. The zero-order valence-electron chi connectivity index (χ0n) is 13.1. The van der Waals surface area contributed by atoms with Crippen molar-refractivity contribution >= 4 is 28.4 Å². The third-order valence-corrected chi connectivity index (χ3v) is 5.40. The van der Waals surface area contributed by atoms with E-state index in [1.165, 1.54) is 37.2 Å². The zero-order valence-corrected chi connectivity index (χ0v) is 14.7. The van der Waals surface area contributed by atoms with Gasteiger partial charge in [-0.15, -0.1) is 10.2 Å². The van der Waals surface area contributed by atoms with E-state index in [-0.39, 0.29) is 0 Å². The first-order valence-electron chi connectivity index (χ1n) is 7.80. The molecule has 0 bridgehead atoms. The lowest BCUT2D eigenvalue weighted by Gasteiger charge is -2.16. The monoisotopic (exact) mass is 338 g/mol. The van der Waals surface area contributed by atoms with Crippen molar-refractivity contribution in [3.05, 3.63) is 11.6 Å². The number of aryl methyl sites for hydroxylation is 2. The lowest BCUT2D eigenvalue weighted by molar-refractivity contribution is 0.461. The molecule has 0 atom stereocenters. The van der Waals surface area contributed by atoms with Gasteiger partial charge >= 0.3 is 0 Å². The normalized spacial score (nSPS) is 15.5. The van der Waals surface area contributed by atoms with Gasteiger partial charge in [0.05, 0.1) is 0 Å². The molecule has 1 N–H and O–H groups in total. The molecule has 1 saturated carbocycles. The topological polar surface area (TPSA) is 68.5 Å². The van der Waals surface area contributed by atoms with E-state index in [4.69, 9.17) is 0 Å². The van der Waals surface area contributed by atoms with Gasteiger partial charge in [0, 0.05) is 30.5 Å². The van der Waals surface area contributed by atoms with Crippen LogP contribution in [-0.4, -0.2) is 36.9 Å². The molecule has 1 fully saturated rings. The second-order valence-electron chi connectivity index (χ2n) is 5.59. The second kappa shape index (κ2) is 7.41. The largest absolute Gasteiger partial charge is 0.360 e. The summed E-state index contributed by atoms with van der Waals surface area (Å²) < 4.78 is 6.55. The maximum absolute atomic E-state index is 4.42. The number of hydrogen-bond acceptors (Lipinski definition) is 7. The molecule has 3 rings (SSSR count). The lowest BCUT2D eigenvalue weighted by Crippen LogP contribution is -2.12. The van der Waals surface area contributed by atoms with Gasteiger partial charge in [-0.25, -0.2) is 4.98 Å². The highest BCUT2D eigenvalue weighted by Crippen LogP contribution is 2.33. The molecule has 0 aromatic carbocycles. The van der Waals surface area contributed by atoms with E-state index >= 15 is 0 Å². The molecule has 1 aliphatic carbocycles. The highest BCUT2D eigenvalue weighted by atomic mass is 32.2. The van der Waals surface area contributed by atoms with Gasteiger partial charge in [-0.1, -0.05) is 24.6 Å². The van der Waals surface area contributed by atoms with Crippen molar-refractivity contribution in [2.45, 2.75) is 56.6 Å². The third-order valence-electron chi connectivity index (χ3n) is 3.99. The van der Waals surface area contributed by atoms with Crippen molar-refractivity contribution in [3.63, 3.8) is 0 Å². The summed E-state index contributed by atoms with van der Waals surface area (Å²) in [6.45, 7) is 2.80. The van der Waals surface area contributed by atoms with Crippen molar-refractivity contribution in [3.8, 4) is 0 Å². The van der Waals surface area contributed by atoms with Gasteiger partial charge < -0.3 is 9.88 Å². The van der Waals surface area contributed by atoms with Crippen LogP contribution < -0.4 is 5.32 Å². The highest BCUT2D eigenvalue weighted by molar-refractivity contribution is 7.98. The van der Waals surface area contributed by atoms with Crippen LogP contribution in [0, 0.1) is 6.92 Å². The first kappa shape index (κ1) is 15.7. The van der Waals surface area contributed by atoms with Gasteiger partial charge in [-0.05, 0) is 32.4 Å². The summed E-state index contributed by atoms with van der Waals surface area (Å²) in [5.41, 5.74) is 0. The Kier molecular flexibility index (Phi) is 5.30. The maximum Gasteiger partial charge on any atom is 0.202 e. The molecule has 22 heavy (non-hydrogen) atoms. The summed E-state index contributed by atoms with van der Waals surface area (Å²) in [7, 11) is 0. The van der Waals surface area contributed by atoms with E-state index < -0.39 is 0 Å². The molecule has 0 radical (unpaired) electrons. The predicted molar refractivity (Wildman–Crippen MR) is 90.8 cm³/mol. The highest BCUT2D eigenvalue weighted by Gasteiger charge is 2.23. The molecule has 120 valence electrons. The smallest absolute Gasteiger partial charge is 0.202 e. The quantitative estimate of drug-likeness (QED) is 0.617. The van der Waals surface area contributed by atoms with Crippen molar-refractivity contribution < 1.29 is 0 Å². The molecule has 0 saturated heterocycles. The first-order chi connectivity index (χ1) is 10.8. The Morgan fingerprint density at radius 3 is 2.82 bits per heavy atom. The average molecular weight is 339 g/mol. The van der Waals surface area contributed by atoms with Crippen molar-refractivity contribution in [2.24, 2.45) is 0 Å². The molecule has 2 aromatic heterocycles. The Balaban J connectivity index is 1.56. The minimum Gasteiger partial charge on any atom is -0.360 e. The Morgan fingerprint density at radius 1 is 1.32 bits per heavy atom. The number of thioether (sulfide) groups is 1. The minimum absolute atomic E-state index is 0.603. The number of aromatic nitrogens is 5. The molecule has 2 aromatic rings. The fraction of sp³-hybridized carbons (Fsp3) is 0.714. The summed E-state index contributed by atoms with van der Waals surface area (Å²) in [5.74, 6) is 1.96. The third kappa shape index (κ3) is 3.60. The molecular weight excluding hydrogens is 316 g/mol. The van der Waals surface area contributed by atoms with Gasteiger partial charge in [0.2, 0.25) is 5.13 Å². The second-order valence-corrected chi connectivity index (χ2v) is 7.11. The van der Waals surface area contributed by atoms with Gasteiger partial charge in [-0.2, -0.15) is 4.37 Å². The predicted octanol–water partition coefficient (Wildman–Crippen LogP) is 3.32. The molecule has 0 amide bonds. The van der Waals surface area contributed by atoms with E-state index in [0.29, 0.717) is 6.04 Å². The van der Waals surface area contributed by atoms with Crippen molar-refractivity contribution in [2.75, 3.05) is 18.1 Å². The van der Waals surface area contributed by atoms with Crippen LogP contribution >= 0.6 is 23.3 Å². The fourth-order valence-electron chi connectivity index (χ4n) is 2.96. The molecule has 0 spiro atoms. The van der Waals surface area contributed by atoms with E-state index in [9.17, 15) is 0 Å². The Labute approximate surface area is 139 Å². The van der Waals surface area contributed by atoms with Crippen LogP contribution in [0.25, 0.3) is 0 Å². The zero-order chi connectivity index (χ0) is 15.4. The maximum atomic E-state index is 4.42. The standard InChI is InChI=1S/C14H22N6S2/c1-10-16-13(22-19-10)15-9-5-8-12-17-18-14(21-2)20(12)11-6-3-4-7-11/h11H,3-9H2,1-2H3,(H,15,16,19). The molecule has 0 aliphatic heterocycles. The summed E-state index contributed by atoms with van der Waals surface area (Å²) in [5, 5.41) is 14.1. The summed E-state index contributed by atoms with van der Waals surface area (Å²) in [6.07, 6.45) is 9.25.